The first-order valence-electron chi connectivity index (χ1n) is 16.6. The number of nitrogens with one attached hydrogen (secondary N) is 1. The zero-order valence-electron chi connectivity index (χ0n) is 27.8. The van der Waals surface area contributed by atoms with E-state index in [1.807, 2.05) is 75.1 Å². The lowest BCUT2D eigenvalue weighted by Crippen LogP contribution is -2.47. The van der Waals surface area contributed by atoms with Crippen LogP contribution in [0.3, 0.4) is 0 Å². The number of amides is 2. The van der Waals surface area contributed by atoms with Gasteiger partial charge in [-0.25, -0.2) is 19.7 Å². The predicted molar refractivity (Wildman–Crippen MR) is 183 cm³/mol. The summed E-state index contributed by atoms with van der Waals surface area (Å²) in [5.41, 5.74) is 2.80. The summed E-state index contributed by atoms with van der Waals surface area (Å²) in [5.74, 6) is 1.77. The molecule has 2 aliphatic rings. The fourth-order valence-electron chi connectivity index (χ4n) is 6.32. The highest BCUT2D eigenvalue weighted by atomic mass is 16.6. The van der Waals surface area contributed by atoms with Crippen LogP contribution in [0.15, 0.2) is 60.9 Å². The molecule has 1 atom stereocenters. The molecular weight excluding hydrogens is 592 g/mol. The molecule has 2 saturated heterocycles. The molecule has 0 unspecified atom stereocenters. The molecule has 2 amide bonds. The largest absolute Gasteiger partial charge is 0.444 e. The second-order valence-electron chi connectivity index (χ2n) is 13.5. The maximum atomic E-state index is 13.1. The molecule has 2 aromatic carbocycles. The summed E-state index contributed by atoms with van der Waals surface area (Å²) in [4.78, 5) is 43.5. The summed E-state index contributed by atoms with van der Waals surface area (Å²) in [5, 5.41) is 5.35. The molecule has 0 spiro atoms. The van der Waals surface area contributed by atoms with Crippen molar-refractivity contribution in [3.8, 4) is 22.9 Å². The van der Waals surface area contributed by atoms with Gasteiger partial charge in [0.15, 0.2) is 0 Å². The monoisotopic (exact) mass is 636 g/mol. The number of carbonyl (C=O) groups is 2. The second-order valence-corrected chi connectivity index (χ2v) is 13.5. The standard InChI is InChI=1S/C37H44N6O4/c1-25-15-16-28-26(23-32(44)42-20-6-5-7-21-42)11-8-13-29(28)33(25)46-34-30(14-9-18-38-34)31-17-19-39-35(41-31)40-27-12-10-22-43(24-27)36(45)47-37(2,3)4/h8-9,11,13-19,27H,5-7,10,12,20-24H2,1-4H3,(H,39,40,41)/t27-/m0/s1. The minimum Gasteiger partial charge on any atom is -0.444 e. The Kier molecular flexibility index (Phi) is 9.56. The van der Waals surface area contributed by atoms with Crippen LogP contribution < -0.4 is 10.1 Å². The van der Waals surface area contributed by atoms with Gasteiger partial charge in [0.2, 0.25) is 17.7 Å². The average Bonchev–Trinajstić information content (AvgIpc) is 3.06. The molecule has 4 heterocycles. The summed E-state index contributed by atoms with van der Waals surface area (Å²) in [6, 6.07) is 15.8. The second kappa shape index (κ2) is 13.9. The molecule has 0 aliphatic carbocycles. The highest BCUT2D eigenvalue weighted by Crippen LogP contribution is 2.38. The van der Waals surface area contributed by atoms with E-state index in [4.69, 9.17) is 14.5 Å². The van der Waals surface area contributed by atoms with Crippen LogP contribution in [0, 0.1) is 6.92 Å². The van der Waals surface area contributed by atoms with Crippen molar-refractivity contribution in [3.63, 3.8) is 0 Å². The van der Waals surface area contributed by atoms with Crippen LogP contribution in [0.25, 0.3) is 22.0 Å². The van der Waals surface area contributed by atoms with E-state index in [0.29, 0.717) is 42.8 Å². The number of pyridine rings is 1. The van der Waals surface area contributed by atoms with Crippen molar-refractivity contribution in [1.29, 1.82) is 0 Å². The third-order valence-electron chi connectivity index (χ3n) is 8.66. The minimum atomic E-state index is -0.544. The van der Waals surface area contributed by atoms with E-state index in [-0.39, 0.29) is 18.0 Å². The van der Waals surface area contributed by atoms with E-state index in [1.54, 1.807) is 17.3 Å². The Hall–Kier alpha value is -4.73. The molecule has 2 aromatic heterocycles. The molecule has 2 fully saturated rings. The molecule has 0 radical (unpaired) electrons. The predicted octanol–water partition coefficient (Wildman–Crippen LogP) is 7.16. The van der Waals surface area contributed by atoms with Gasteiger partial charge < -0.3 is 24.6 Å². The first kappa shape index (κ1) is 32.2. The Bertz CT molecular complexity index is 1750. The first-order chi connectivity index (χ1) is 22.6. The number of aromatic nitrogens is 3. The van der Waals surface area contributed by atoms with Gasteiger partial charge in [-0.3, -0.25) is 4.79 Å². The fourth-order valence-corrected chi connectivity index (χ4v) is 6.32. The summed E-state index contributed by atoms with van der Waals surface area (Å²) in [7, 11) is 0. The van der Waals surface area contributed by atoms with Crippen LogP contribution in [0.1, 0.15) is 64.0 Å². The van der Waals surface area contributed by atoms with Gasteiger partial charge in [-0.15, -0.1) is 0 Å². The third-order valence-corrected chi connectivity index (χ3v) is 8.66. The minimum absolute atomic E-state index is 0.00883. The van der Waals surface area contributed by atoms with Gasteiger partial charge in [-0.1, -0.05) is 30.3 Å². The molecular formula is C37H44N6O4. The van der Waals surface area contributed by atoms with Crippen molar-refractivity contribution in [2.75, 3.05) is 31.5 Å². The first-order valence-corrected chi connectivity index (χ1v) is 16.6. The number of fused-ring (bicyclic) bond motifs is 1. The average molecular weight is 637 g/mol. The molecule has 10 heteroatoms. The summed E-state index contributed by atoms with van der Waals surface area (Å²) in [6.45, 7) is 10.5. The van der Waals surface area contributed by atoms with Crippen LogP contribution in [0.2, 0.25) is 0 Å². The third kappa shape index (κ3) is 7.81. The van der Waals surface area contributed by atoms with Crippen LogP contribution >= 0.6 is 0 Å². The van der Waals surface area contributed by atoms with Crippen LogP contribution in [0.4, 0.5) is 10.7 Å². The highest BCUT2D eigenvalue weighted by Gasteiger charge is 2.28. The molecule has 47 heavy (non-hydrogen) atoms. The van der Waals surface area contributed by atoms with Crippen molar-refractivity contribution >= 4 is 28.7 Å². The van der Waals surface area contributed by atoms with Gasteiger partial charge in [-0.05, 0) is 94.5 Å². The van der Waals surface area contributed by atoms with Gasteiger partial charge in [0.25, 0.3) is 0 Å². The maximum absolute atomic E-state index is 13.1. The lowest BCUT2D eigenvalue weighted by Gasteiger charge is -2.34. The van der Waals surface area contributed by atoms with Crippen molar-refractivity contribution in [2.24, 2.45) is 0 Å². The summed E-state index contributed by atoms with van der Waals surface area (Å²) < 4.78 is 12.2. The van der Waals surface area contributed by atoms with Crippen molar-refractivity contribution < 1.29 is 19.1 Å². The Morgan fingerprint density at radius 1 is 0.894 bits per heavy atom. The molecule has 10 nitrogen and oxygen atoms in total. The Morgan fingerprint density at radius 2 is 1.70 bits per heavy atom. The number of nitrogens with zero attached hydrogens (tertiary/aromatic N) is 5. The smallest absolute Gasteiger partial charge is 0.410 e. The normalized spacial score (nSPS) is 17.0. The molecule has 0 bridgehead atoms. The Morgan fingerprint density at radius 3 is 2.51 bits per heavy atom. The van der Waals surface area contributed by atoms with Gasteiger partial charge in [-0.2, -0.15) is 0 Å². The zero-order chi connectivity index (χ0) is 33.0. The van der Waals surface area contributed by atoms with Gasteiger partial charge >= 0.3 is 6.09 Å². The van der Waals surface area contributed by atoms with E-state index in [9.17, 15) is 9.59 Å². The SMILES string of the molecule is Cc1ccc2c(CC(=O)N3CCCCC3)cccc2c1Oc1ncccc1-c1ccnc(N[C@H]2CCCN(C(=O)OC(C)(C)C)C2)n1. The van der Waals surface area contributed by atoms with E-state index in [2.05, 4.69) is 21.4 Å². The fraction of sp³-hybridized carbons (Fsp3) is 0.432. The number of piperidine rings is 2. The van der Waals surface area contributed by atoms with Crippen LogP contribution in [-0.4, -0.2) is 74.6 Å². The van der Waals surface area contributed by atoms with Crippen LogP contribution in [-0.2, 0) is 16.0 Å². The Labute approximate surface area is 276 Å². The number of aryl methyl sites for hydroxylation is 1. The number of carbonyl (C=O) groups excluding carboxylic acids is 2. The quantitative estimate of drug-likeness (QED) is 0.228. The zero-order valence-corrected chi connectivity index (χ0v) is 27.8. The van der Waals surface area contributed by atoms with Gasteiger partial charge in [0.05, 0.1) is 17.7 Å². The molecule has 1 N–H and O–H groups in total. The molecule has 246 valence electrons. The molecule has 2 aliphatic heterocycles. The number of anilines is 1. The van der Waals surface area contributed by atoms with Gasteiger partial charge in [0, 0.05) is 50.0 Å². The lowest BCUT2D eigenvalue weighted by atomic mass is 9.98. The highest BCUT2D eigenvalue weighted by molar-refractivity contribution is 5.95. The lowest BCUT2D eigenvalue weighted by molar-refractivity contribution is -0.131. The number of benzene rings is 2. The molecule has 4 aromatic rings. The van der Waals surface area contributed by atoms with E-state index in [1.165, 1.54) is 6.42 Å². The number of hydrogen-bond acceptors (Lipinski definition) is 8. The van der Waals surface area contributed by atoms with Crippen LogP contribution in [0.5, 0.6) is 11.6 Å². The van der Waals surface area contributed by atoms with E-state index >= 15 is 0 Å². The Balaban J connectivity index is 1.22. The molecule has 0 saturated carbocycles. The van der Waals surface area contributed by atoms with Crippen molar-refractivity contribution in [1.82, 2.24) is 24.8 Å². The maximum Gasteiger partial charge on any atom is 0.410 e. The van der Waals surface area contributed by atoms with E-state index < -0.39 is 5.60 Å². The summed E-state index contributed by atoms with van der Waals surface area (Å²) >= 11 is 0. The van der Waals surface area contributed by atoms with Crippen molar-refractivity contribution in [3.05, 3.63) is 72.1 Å². The number of hydrogen-bond donors (Lipinski definition) is 1. The van der Waals surface area contributed by atoms with Crippen molar-refractivity contribution in [2.45, 2.75) is 77.9 Å². The molecule has 6 rings (SSSR count). The van der Waals surface area contributed by atoms with E-state index in [0.717, 1.165) is 66.2 Å². The number of ether oxygens (including phenoxy) is 2. The van der Waals surface area contributed by atoms with Gasteiger partial charge in [0.1, 0.15) is 11.4 Å². The topological polar surface area (TPSA) is 110 Å². The summed E-state index contributed by atoms with van der Waals surface area (Å²) in [6.07, 6.45) is 8.55. The number of rotatable bonds is 7. The number of likely N-dealkylation sites (tertiary alicyclic amines) is 2.